The van der Waals surface area contributed by atoms with Crippen LogP contribution in [0.2, 0.25) is 0 Å². The monoisotopic (exact) mass is 203 g/mol. The molecule has 0 atom stereocenters. The molecule has 15 heavy (non-hydrogen) atoms. The Kier molecular flexibility index (Phi) is 4.10. The molecule has 0 heterocycles. The molecule has 0 radical (unpaired) electrons. The van der Waals surface area contributed by atoms with Crippen molar-refractivity contribution in [2.75, 3.05) is 0 Å². The molecule has 0 aliphatic heterocycles. The van der Waals surface area contributed by atoms with E-state index in [-0.39, 0.29) is 0 Å². The summed E-state index contributed by atoms with van der Waals surface area (Å²) in [6.45, 7) is 9.71. The SMILES string of the molecule is C=CO/N=C(/c1ccc(C)cc1)C(C)C. The first-order valence-electron chi connectivity index (χ1n) is 5.06. The molecule has 0 saturated carbocycles. The standard InChI is InChI=1S/C13H17NO/c1-5-15-14-13(10(2)3)12-8-6-11(4)7-9-12/h5-10H,1H2,2-4H3/b14-13+. The van der Waals surface area contributed by atoms with Crippen molar-refractivity contribution in [1.82, 2.24) is 0 Å². The third-order valence-corrected chi connectivity index (χ3v) is 2.12. The van der Waals surface area contributed by atoms with Gasteiger partial charge in [-0.15, -0.1) is 0 Å². The van der Waals surface area contributed by atoms with Crippen molar-refractivity contribution in [3.63, 3.8) is 0 Å². The Balaban J connectivity index is 2.99. The zero-order chi connectivity index (χ0) is 11.3. The lowest BCUT2D eigenvalue weighted by Gasteiger charge is -2.09. The molecule has 0 aliphatic rings. The maximum Gasteiger partial charge on any atom is 0.114 e. The summed E-state index contributed by atoms with van der Waals surface area (Å²) in [7, 11) is 0. The van der Waals surface area contributed by atoms with Crippen LogP contribution in [-0.2, 0) is 4.84 Å². The lowest BCUT2D eigenvalue weighted by molar-refractivity contribution is 0.267. The zero-order valence-corrected chi connectivity index (χ0v) is 9.53. The average molecular weight is 203 g/mol. The predicted octanol–water partition coefficient (Wildman–Crippen LogP) is 3.52. The van der Waals surface area contributed by atoms with Gasteiger partial charge in [0, 0.05) is 0 Å². The lowest BCUT2D eigenvalue weighted by Crippen LogP contribution is -2.09. The van der Waals surface area contributed by atoms with Gasteiger partial charge in [-0.3, -0.25) is 0 Å². The third kappa shape index (κ3) is 3.24. The normalized spacial score (nSPS) is 11.6. The highest BCUT2D eigenvalue weighted by atomic mass is 16.6. The van der Waals surface area contributed by atoms with E-state index in [9.17, 15) is 0 Å². The highest BCUT2D eigenvalue weighted by molar-refractivity contribution is 6.01. The van der Waals surface area contributed by atoms with Gasteiger partial charge in [0.1, 0.15) is 6.26 Å². The van der Waals surface area contributed by atoms with Crippen LogP contribution in [0.5, 0.6) is 0 Å². The van der Waals surface area contributed by atoms with Crippen LogP contribution in [0.25, 0.3) is 0 Å². The molecule has 0 saturated heterocycles. The summed E-state index contributed by atoms with van der Waals surface area (Å²) in [5.74, 6) is 0.327. The van der Waals surface area contributed by atoms with Crippen LogP contribution in [0.1, 0.15) is 25.0 Å². The fourth-order valence-corrected chi connectivity index (χ4v) is 1.31. The number of aryl methyl sites for hydroxylation is 1. The Morgan fingerprint density at radius 3 is 2.40 bits per heavy atom. The molecule has 0 aliphatic carbocycles. The summed E-state index contributed by atoms with van der Waals surface area (Å²) in [5.41, 5.74) is 3.28. The van der Waals surface area contributed by atoms with Crippen molar-refractivity contribution in [3.05, 3.63) is 48.2 Å². The first-order valence-corrected chi connectivity index (χ1v) is 5.06. The molecule has 0 N–H and O–H groups in total. The number of oxime groups is 1. The van der Waals surface area contributed by atoms with Gasteiger partial charge in [0.2, 0.25) is 0 Å². The molecule has 0 spiro atoms. The van der Waals surface area contributed by atoms with Gasteiger partial charge in [-0.2, -0.15) is 0 Å². The van der Waals surface area contributed by atoms with E-state index < -0.39 is 0 Å². The van der Waals surface area contributed by atoms with Crippen molar-refractivity contribution in [1.29, 1.82) is 0 Å². The summed E-state index contributed by atoms with van der Waals surface area (Å²) in [6, 6.07) is 8.25. The largest absolute Gasteiger partial charge is 0.365 e. The molecular formula is C13H17NO. The van der Waals surface area contributed by atoms with Crippen LogP contribution in [0.3, 0.4) is 0 Å². The molecule has 80 valence electrons. The average Bonchev–Trinajstić information content (AvgIpc) is 2.21. The smallest absolute Gasteiger partial charge is 0.114 e. The number of rotatable bonds is 4. The van der Waals surface area contributed by atoms with Gasteiger partial charge in [0.15, 0.2) is 0 Å². The van der Waals surface area contributed by atoms with Gasteiger partial charge >= 0.3 is 0 Å². The van der Waals surface area contributed by atoms with E-state index >= 15 is 0 Å². The highest BCUT2D eigenvalue weighted by Crippen LogP contribution is 2.11. The minimum absolute atomic E-state index is 0.327. The lowest BCUT2D eigenvalue weighted by atomic mass is 9.99. The second-order valence-electron chi connectivity index (χ2n) is 3.77. The molecule has 0 aromatic heterocycles. The van der Waals surface area contributed by atoms with Gasteiger partial charge in [0.25, 0.3) is 0 Å². The fraction of sp³-hybridized carbons (Fsp3) is 0.308. The molecule has 1 aromatic carbocycles. The van der Waals surface area contributed by atoms with Crippen molar-refractivity contribution < 1.29 is 4.84 Å². The molecular weight excluding hydrogens is 186 g/mol. The van der Waals surface area contributed by atoms with Crippen LogP contribution in [0.15, 0.2) is 42.3 Å². The Morgan fingerprint density at radius 1 is 1.33 bits per heavy atom. The topological polar surface area (TPSA) is 21.6 Å². The molecule has 0 bridgehead atoms. The summed E-state index contributed by atoms with van der Waals surface area (Å²) >= 11 is 0. The third-order valence-electron chi connectivity index (χ3n) is 2.12. The van der Waals surface area contributed by atoms with Gasteiger partial charge < -0.3 is 4.84 Å². The number of hydrogen-bond donors (Lipinski definition) is 0. The fourth-order valence-electron chi connectivity index (χ4n) is 1.31. The van der Waals surface area contributed by atoms with E-state index in [1.165, 1.54) is 11.8 Å². The summed E-state index contributed by atoms with van der Waals surface area (Å²) < 4.78 is 0. The van der Waals surface area contributed by atoms with Crippen LogP contribution in [-0.4, -0.2) is 5.71 Å². The highest BCUT2D eigenvalue weighted by Gasteiger charge is 2.08. The Labute approximate surface area is 91.3 Å². The zero-order valence-electron chi connectivity index (χ0n) is 9.53. The van der Waals surface area contributed by atoms with Crippen molar-refractivity contribution in [2.24, 2.45) is 11.1 Å². The minimum atomic E-state index is 0.327. The maximum absolute atomic E-state index is 4.89. The van der Waals surface area contributed by atoms with E-state index in [0.29, 0.717) is 5.92 Å². The molecule has 1 aromatic rings. The van der Waals surface area contributed by atoms with Crippen LogP contribution >= 0.6 is 0 Å². The minimum Gasteiger partial charge on any atom is -0.365 e. The Bertz CT molecular complexity index is 349. The summed E-state index contributed by atoms with van der Waals surface area (Å²) in [5, 5.41) is 4.04. The molecule has 0 amide bonds. The van der Waals surface area contributed by atoms with Crippen molar-refractivity contribution >= 4 is 5.71 Å². The Hall–Kier alpha value is -1.57. The van der Waals surface area contributed by atoms with Gasteiger partial charge in [-0.05, 0) is 18.4 Å². The second kappa shape index (κ2) is 5.35. The quantitative estimate of drug-likeness (QED) is 0.417. The van der Waals surface area contributed by atoms with Crippen LogP contribution in [0.4, 0.5) is 0 Å². The van der Waals surface area contributed by atoms with E-state index in [0.717, 1.165) is 11.3 Å². The van der Waals surface area contributed by atoms with Gasteiger partial charge in [-0.1, -0.05) is 55.4 Å². The maximum atomic E-state index is 4.89. The first kappa shape index (κ1) is 11.5. The van der Waals surface area contributed by atoms with E-state index in [1.54, 1.807) is 0 Å². The van der Waals surface area contributed by atoms with Gasteiger partial charge in [0.05, 0.1) is 5.71 Å². The number of hydrogen-bond acceptors (Lipinski definition) is 2. The molecule has 2 nitrogen and oxygen atoms in total. The molecule has 1 rings (SSSR count). The van der Waals surface area contributed by atoms with E-state index in [2.05, 4.69) is 56.8 Å². The van der Waals surface area contributed by atoms with Crippen molar-refractivity contribution in [3.8, 4) is 0 Å². The van der Waals surface area contributed by atoms with Gasteiger partial charge in [-0.25, -0.2) is 0 Å². The Morgan fingerprint density at radius 2 is 1.93 bits per heavy atom. The molecule has 0 fully saturated rings. The first-order chi connectivity index (χ1) is 7.15. The number of nitrogens with zero attached hydrogens (tertiary/aromatic N) is 1. The second-order valence-corrected chi connectivity index (χ2v) is 3.77. The van der Waals surface area contributed by atoms with Crippen LogP contribution in [0, 0.1) is 12.8 Å². The summed E-state index contributed by atoms with van der Waals surface area (Å²) in [6.07, 6.45) is 1.33. The van der Waals surface area contributed by atoms with Crippen LogP contribution < -0.4 is 0 Å². The van der Waals surface area contributed by atoms with E-state index in [1.807, 2.05) is 0 Å². The van der Waals surface area contributed by atoms with Crippen molar-refractivity contribution in [2.45, 2.75) is 20.8 Å². The summed E-state index contributed by atoms with van der Waals surface area (Å²) in [4.78, 5) is 4.89. The predicted molar refractivity (Wildman–Crippen MR) is 63.8 cm³/mol. The molecule has 0 unspecified atom stereocenters. The van der Waals surface area contributed by atoms with E-state index in [4.69, 9.17) is 4.84 Å². The molecule has 2 heteroatoms. The number of benzene rings is 1.